The van der Waals surface area contributed by atoms with Gasteiger partial charge in [0.15, 0.2) is 0 Å². The van der Waals surface area contributed by atoms with Crippen molar-refractivity contribution >= 4 is 11.1 Å². The minimum Gasteiger partial charge on any atom is -0.336 e. The maximum absolute atomic E-state index is 5.11. The van der Waals surface area contributed by atoms with E-state index in [4.69, 9.17) is 4.52 Å². The number of nitrogens with zero attached hydrogens (tertiary/aromatic N) is 2. The molecule has 0 fully saturated rings. The van der Waals surface area contributed by atoms with E-state index in [2.05, 4.69) is 30.9 Å². The van der Waals surface area contributed by atoms with Crippen LogP contribution >= 0.6 is 0 Å². The molecule has 0 atom stereocenters. The summed E-state index contributed by atoms with van der Waals surface area (Å²) in [6.45, 7) is 6.33. The molecule has 0 aliphatic carbocycles. The van der Waals surface area contributed by atoms with E-state index in [-0.39, 0.29) is 5.41 Å². The van der Waals surface area contributed by atoms with Crippen LogP contribution in [0.3, 0.4) is 0 Å². The predicted octanol–water partition coefficient (Wildman–Crippen LogP) is 2.52. The first-order chi connectivity index (χ1) is 6.09. The van der Waals surface area contributed by atoms with Crippen LogP contribution in [0.15, 0.2) is 22.9 Å². The first-order valence-corrected chi connectivity index (χ1v) is 4.30. The van der Waals surface area contributed by atoms with Crippen molar-refractivity contribution in [3.05, 3.63) is 24.0 Å². The number of hydrogen-bond donors (Lipinski definition) is 0. The molecule has 0 unspecified atom stereocenters. The standard InChI is InChI=1S/C10H12N2O/c1-10(2,3)8-7-5-4-6-11-9(7)13-12-8/h4-6H,1-3H3. The van der Waals surface area contributed by atoms with Crippen molar-refractivity contribution < 1.29 is 4.52 Å². The molecule has 0 saturated carbocycles. The average Bonchev–Trinajstić information content (AvgIpc) is 2.45. The van der Waals surface area contributed by atoms with Crippen LogP contribution in [0.25, 0.3) is 11.1 Å². The third-order valence-corrected chi connectivity index (χ3v) is 1.96. The van der Waals surface area contributed by atoms with Crippen LogP contribution in [0.5, 0.6) is 0 Å². The molecule has 2 heterocycles. The molecule has 0 aliphatic heterocycles. The normalized spacial score (nSPS) is 12.2. The molecular formula is C10H12N2O. The van der Waals surface area contributed by atoms with Gasteiger partial charge in [-0.25, -0.2) is 4.98 Å². The molecule has 2 rings (SSSR count). The molecule has 3 heteroatoms. The fraction of sp³-hybridized carbons (Fsp3) is 0.400. The minimum atomic E-state index is 0.00822. The van der Waals surface area contributed by atoms with Gasteiger partial charge in [-0.3, -0.25) is 0 Å². The molecule has 0 N–H and O–H groups in total. The van der Waals surface area contributed by atoms with Gasteiger partial charge in [0.05, 0.1) is 11.1 Å². The van der Waals surface area contributed by atoms with Crippen LogP contribution in [0.4, 0.5) is 0 Å². The summed E-state index contributed by atoms with van der Waals surface area (Å²) in [6, 6.07) is 3.88. The number of pyridine rings is 1. The lowest BCUT2D eigenvalue weighted by molar-refractivity contribution is 0.414. The molecule has 68 valence electrons. The highest BCUT2D eigenvalue weighted by Crippen LogP contribution is 2.27. The maximum Gasteiger partial charge on any atom is 0.257 e. The van der Waals surface area contributed by atoms with E-state index >= 15 is 0 Å². The first kappa shape index (κ1) is 8.23. The Labute approximate surface area is 76.8 Å². The van der Waals surface area contributed by atoms with Crippen molar-refractivity contribution in [1.82, 2.24) is 10.1 Å². The monoisotopic (exact) mass is 176 g/mol. The summed E-state index contributed by atoms with van der Waals surface area (Å²) in [5, 5.41) is 5.04. The van der Waals surface area contributed by atoms with Gasteiger partial charge >= 0.3 is 0 Å². The largest absolute Gasteiger partial charge is 0.336 e. The lowest BCUT2D eigenvalue weighted by atomic mass is 9.90. The summed E-state index contributed by atoms with van der Waals surface area (Å²) in [5.41, 5.74) is 1.59. The molecule has 3 nitrogen and oxygen atoms in total. The highest BCUT2D eigenvalue weighted by molar-refractivity contribution is 5.76. The van der Waals surface area contributed by atoms with Crippen molar-refractivity contribution in [3.8, 4) is 0 Å². The van der Waals surface area contributed by atoms with Crippen molar-refractivity contribution in [2.45, 2.75) is 26.2 Å². The van der Waals surface area contributed by atoms with Gasteiger partial charge in [0.2, 0.25) is 0 Å². The highest BCUT2D eigenvalue weighted by atomic mass is 16.5. The van der Waals surface area contributed by atoms with Gasteiger partial charge < -0.3 is 4.52 Å². The quantitative estimate of drug-likeness (QED) is 0.619. The fourth-order valence-corrected chi connectivity index (χ4v) is 1.32. The van der Waals surface area contributed by atoms with Gasteiger partial charge in [0.25, 0.3) is 5.71 Å². The number of fused-ring (bicyclic) bond motifs is 1. The van der Waals surface area contributed by atoms with Crippen molar-refractivity contribution in [2.24, 2.45) is 0 Å². The van der Waals surface area contributed by atoms with Gasteiger partial charge in [0.1, 0.15) is 0 Å². The Bertz CT molecular complexity index is 426. The molecule has 0 bridgehead atoms. The van der Waals surface area contributed by atoms with Gasteiger partial charge in [-0.05, 0) is 12.1 Å². The smallest absolute Gasteiger partial charge is 0.257 e. The lowest BCUT2D eigenvalue weighted by Gasteiger charge is -2.13. The summed E-state index contributed by atoms with van der Waals surface area (Å²) in [4.78, 5) is 4.09. The molecule has 0 saturated heterocycles. The molecular weight excluding hydrogens is 164 g/mol. The van der Waals surface area contributed by atoms with Gasteiger partial charge in [-0.1, -0.05) is 25.9 Å². The maximum atomic E-state index is 5.11. The number of aromatic nitrogens is 2. The van der Waals surface area contributed by atoms with Gasteiger partial charge in [-0.2, -0.15) is 0 Å². The van der Waals surface area contributed by atoms with Crippen LogP contribution < -0.4 is 0 Å². The lowest BCUT2D eigenvalue weighted by Crippen LogP contribution is -2.11. The fourth-order valence-electron chi connectivity index (χ4n) is 1.32. The van der Waals surface area contributed by atoms with Crippen molar-refractivity contribution in [1.29, 1.82) is 0 Å². The zero-order chi connectivity index (χ0) is 9.47. The third-order valence-electron chi connectivity index (χ3n) is 1.96. The minimum absolute atomic E-state index is 0.00822. The van der Waals surface area contributed by atoms with Crippen LogP contribution in [-0.2, 0) is 5.41 Å². The second kappa shape index (κ2) is 2.55. The SMILES string of the molecule is CC(C)(C)c1noc2ncccc12. The second-order valence-electron chi connectivity index (χ2n) is 4.14. The number of hydrogen-bond acceptors (Lipinski definition) is 3. The van der Waals surface area contributed by atoms with E-state index in [1.165, 1.54) is 0 Å². The summed E-state index contributed by atoms with van der Waals surface area (Å²) in [6.07, 6.45) is 1.71. The Morgan fingerprint density at radius 2 is 2.08 bits per heavy atom. The molecule has 0 spiro atoms. The topological polar surface area (TPSA) is 38.9 Å². The summed E-state index contributed by atoms with van der Waals surface area (Å²) in [5.74, 6) is 0. The van der Waals surface area contributed by atoms with Crippen LogP contribution in [0.1, 0.15) is 26.5 Å². The molecule has 0 amide bonds. The van der Waals surface area contributed by atoms with Crippen LogP contribution in [0, 0.1) is 0 Å². The molecule has 2 aromatic heterocycles. The Morgan fingerprint density at radius 1 is 1.31 bits per heavy atom. The van der Waals surface area contributed by atoms with Gasteiger partial charge in [0, 0.05) is 11.6 Å². The summed E-state index contributed by atoms with van der Waals surface area (Å²) < 4.78 is 5.11. The van der Waals surface area contributed by atoms with Crippen LogP contribution in [-0.4, -0.2) is 10.1 Å². The summed E-state index contributed by atoms with van der Waals surface area (Å²) in [7, 11) is 0. The van der Waals surface area contributed by atoms with Crippen molar-refractivity contribution in [3.63, 3.8) is 0 Å². The zero-order valence-corrected chi connectivity index (χ0v) is 8.03. The van der Waals surface area contributed by atoms with E-state index in [9.17, 15) is 0 Å². The third kappa shape index (κ3) is 1.30. The Balaban J connectivity index is 2.72. The molecule has 2 aromatic rings. The van der Waals surface area contributed by atoms with E-state index < -0.39 is 0 Å². The Kier molecular flexibility index (Phi) is 1.62. The Hall–Kier alpha value is -1.38. The number of rotatable bonds is 0. The molecule has 0 aromatic carbocycles. The van der Waals surface area contributed by atoms with E-state index in [1.807, 2.05) is 12.1 Å². The Morgan fingerprint density at radius 3 is 2.77 bits per heavy atom. The predicted molar refractivity (Wildman–Crippen MR) is 50.5 cm³/mol. The van der Waals surface area contributed by atoms with Crippen molar-refractivity contribution in [2.75, 3.05) is 0 Å². The molecule has 0 radical (unpaired) electrons. The first-order valence-electron chi connectivity index (χ1n) is 4.30. The second-order valence-corrected chi connectivity index (χ2v) is 4.14. The average molecular weight is 176 g/mol. The van der Waals surface area contributed by atoms with E-state index in [0.717, 1.165) is 11.1 Å². The van der Waals surface area contributed by atoms with Crippen LogP contribution in [0.2, 0.25) is 0 Å². The zero-order valence-electron chi connectivity index (χ0n) is 8.03. The molecule has 13 heavy (non-hydrogen) atoms. The van der Waals surface area contributed by atoms with E-state index in [0.29, 0.717) is 5.71 Å². The molecule has 0 aliphatic rings. The van der Waals surface area contributed by atoms with E-state index in [1.54, 1.807) is 6.20 Å². The highest BCUT2D eigenvalue weighted by Gasteiger charge is 2.21. The summed E-state index contributed by atoms with van der Waals surface area (Å²) >= 11 is 0. The van der Waals surface area contributed by atoms with Gasteiger partial charge in [-0.15, -0.1) is 0 Å².